The maximum atomic E-state index is 12.5. The summed E-state index contributed by atoms with van der Waals surface area (Å²) in [4.78, 5) is 24.7. The Morgan fingerprint density at radius 3 is 2.70 bits per heavy atom. The predicted octanol–water partition coefficient (Wildman–Crippen LogP) is 3.44. The van der Waals surface area contributed by atoms with Gasteiger partial charge < -0.3 is 19.4 Å². The maximum Gasteiger partial charge on any atom is 0.262 e. The van der Waals surface area contributed by atoms with Gasteiger partial charge in [-0.2, -0.15) is 0 Å². The lowest BCUT2D eigenvalue weighted by Gasteiger charge is -2.11. The summed E-state index contributed by atoms with van der Waals surface area (Å²) < 4.78 is 12.5. The number of ether oxygens (including phenoxy) is 2. The molecule has 1 aromatic heterocycles. The lowest BCUT2D eigenvalue weighted by Crippen LogP contribution is -2.21. The summed E-state index contributed by atoms with van der Waals surface area (Å²) in [5, 5.41) is 4.04. The highest BCUT2D eigenvalue weighted by atomic mass is 16.5. The van der Waals surface area contributed by atoms with Gasteiger partial charge in [0.15, 0.2) is 6.61 Å². The van der Waals surface area contributed by atoms with Gasteiger partial charge in [0.2, 0.25) is 0 Å². The van der Waals surface area contributed by atoms with Gasteiger partial charge in [-0.25, -0.2) is 0 Å². The van der Waals surface area contributed by atoms with Crippen molar-refractivity contribution < 1.29 is 14.3 Å². The maximum absolute atomic E-state index is 12.5. The molecule has 0 aliphatic rings. The number of hydrogen-bond acceptors (Lipinski definition) is 4. The van der Waals surface area contributed by atoms with Crippen LogP contribution in [-0.2, 0) is 11.3 Å². The van der Waals surface area contributed by atoms with E-state index in [1.807, 2.05) is 13.0 Å². The number of rotatable bonds is 7. The first kappa shape index (κ1) is 18.5. The zero-order valence-electron chi connectivity index (χ0n) is 15.4. The molecule has 6 heteroatoms. The molecule has 0 saturated heterocycles. The fraction of sp³-hybridized carbons (Fsp3) is 0.238. The SMILES string of the molecule is CCCn1ccc2c(OCC(=O)Nc3cccc(OC)c3)cccc2c1=O. The average Bonchev–Trinajstić information content (AvgIpc) is 2.69. The normalized spacial score (nSPS) is 10.6. The molecular formula is C21H22N2O4. The standard InChI is InChI=1S/C21H22N2O4/c1-3-11-23-12-10-17-18(21(23)25)8-5-9-19(17)27-14-20(24)22-15-6-4-7-16(13-15)26-2/h4-10,12-13H,3,11,14H2,1-2H3,(H,22,24). The van der Waals surface area contributed by atoms with Gasteiger partial charge >= 0.3 is 0 Å². The van der Waals surface area contributed by atoms with Gasteiger partial charge in [-0.15, -0.1) is 0 Å². The van der Waals surface area contributed by atoms with Crippen LogP contribution < -0.4 is 20.3 Å². The van der Waals surface area contributed by atoms with E-state index in [0.717, 1.165) is 6.42 Å². The fourth-order valence-corrected chi connectivity index (χ4v) is 2.87. The smallest absolute Gasteiger partial charge is 0.262 e. The Balaban J connectivity index is 1.73. The van der Waals surface area contributed by atoms with E-state index in [9.17, 15) is 9.59 Å². The van der Waals surface area contributed by atoms with Crippen molar-refractivity contribution in [2.24, 2.45) is 0 Å². The number of benzene rings is 2. The van der Waals surface area contributed by atoms with E-state index in [1.54, 1.807) is 60.3 Å². The highest BCUT2D eigenvalue weighted by molar-refractivity contribution is 5.93. The molecule has 0 fully saturated rings. The number of nitrogens with zero attached hydrogens (tertiary/aromatic N) is 1. The summed E-state index contributed by atoms with van der Waals surface area (Å²) in [6, 6.07) is 14.2. The van der Waals surface area contributed by atoms with Crippen LogP contribution in [0, 0.1) is 0 Å². The quantitative estimate of drug-likeness (QED) is 0.695. The molecule has 0 spiro atoms. The predicted molar refractivity (Wildman–Crippen MR) is 106 cm³/mol. The molecule has 2 aromatic carbocycles. The number of aromatic nitrogens is 1. The van der Waals surface area contributed by atoms with Crippen molar-refractivity contribution in [1.29, 1.82) is 0 Å². The third-order valence-corrected chi connectivity index (χ3v) is 4.16. The van der Waals surface area contributed by atoms with Gasteiger partial charge in [-0.05, 0) is 36.8 Å². The molecule has 0 aliphatic carbocycles. The van der Waals surface area contributed by atoms with Gasteiger partial charge in [0.05, 0.1) is 12.5 Å². The second-order valence-electron chi connectivity index (χ2n) is 6.10. The minimum Gasteiger partial charge on any atom is -0.497 e. The molecule has 0 aliphatic heterocycles. The number of carbonyl (C=O) groups excluding carboxylic acids is 1. The number of pyridine rings is 1. The first-order valence-electron chi connectivity index (χ1n) is 8.81. The monoisotopic (exact) mass is 366 g/mol. The molecule has 0 bridgehead atoms. The number of aryl methyl sites for hydroxylation is 1. The molecule has 0 radical (unpaired) electrons. The minimum atomic E-state index is -0.292. The summed E-state index contributed by atoms with van der Waals surface area (Å²) in [6.07, 6.45) is 2.64. The summed E-state index contributed by atoms with van der Waals surface area (Å²) in [7, 11) is 1.57. The molecule has 0 saturated carbocycles. The summed E-state index contributed by atoms with van der Waals surface area (Å²) in [5.41, 5.74) is 0.573. The third-order valence-electron chi connectivity index (χ3n) is 4.16. The topological polar surface area (TPSA) is 69.6 Å². The van der Waals surface area contributed by atoms with E-state index in [0.29, 0.717) is 34.5 Å². The number of fused-ring (bicyclic) bond motifs is 1. The molecule has 6 nitrogen and oxygen atoms in total. The van der Waals surface area contributed by atoms with Crippen LogP contribution in [0.3, 0.4) is 0 Å². The van der Waals surface area contributed by atoms with E-state index < -0.39 is 0 Å². The Hall–Kier alpha value is -3.28. The van der Waals surface area contributed by atoms with Crippen molar-refractivity contribution in [3.05, 3.63) is 65.1 Å². The third kappa shape index (κ3) is 4.28. The molecule has 27 heavy (non-hydrogen) atoms. The summed E-state index contributed by atoms with van der Waals surface area (Å²) in [5.74, 6) is 0.875. The molecule has 140 valence electrons. The largest absolute Gasteiger partial charge is 0.497 e. The number of nitrogens with one attached hydrogen (secondary N) is 1. The van der Waals surface area contributed by atoms with Crippen LogP contribution in [0.5, 0.6) is 11.5 Å². The van der Waals surface area contributed by atoms with Crippen LogP contribution in [0.1, 0.15) is 13.3 Å². The average molecular weight is 366 g/mol. The molecule has 0 atom stereocenters. The number of methoxy groups -OCH3 is 1. The Kier molecular flexibility index (Phi) is 5.76. The lowest BCUT2D eigenvalue weighted by molar-refractivity contribution is -0.118. The first-order chi connectivity index (χ1) is 13.1. The van der Waals surface area contributed by atoms with Gasteiger partial charge in [-0.1, -0.05) is 19.1 Å². The molecule has 1 heterocycles. The van der Waals surface area contributed by atoms with E-state index in [4.69, 9.17) is 9.47 Å². The minimum absolute atomic E-state index is 0.0550. The van der Waals surface area contributed by atoms with Crippen LogP contribution in [0.15, 0.2) is 59.5 Å². The van der Waals surface area contributed by atoms with E-state index in [1.165, 1.54) is 0 Å². The highest BCUT2D eigenvalue weighted by Crippen LogP contribution is 2.23. The van der Waals surface area contributed by atoms with Crippen molar-refractivity contribution in [3.8, 4) is 11.5 Å². The van der Waals surface area contributed by atoms with Gasteiger partial charge in [0.25, 0.3) is 11.5 Å². The van der Waals surface area contributed by atoms with E-state index >= 15 is 0 Å². The van der Waals surface area contributed by atoms with Crippen molar-refractivity contribution in [1.82, 2.24) is 4.57 Å². The fourth-order valence-electron chi connectivity index (χ4n) is 2.87. The number of anilines is 1. The van der Waals surface area contributed by atoms with Crippen LogP contribution in [0.25, 0.3) is 10.8 Å². The zero-order chi connectivity index (χ0) is 19.2. The second kappa shape index (κ2) is 8.40. The van der Waals surface area contributed by atoms with Crippen molar-refractivity contribution in [2.45, 2.75) is 19.9 Å². The molecule has 3 aromatic rings. The van der Waals surface area contributed by atoms with Crippen molar-refractivity contribution in [3.63, 3.8) is 0 Å². The van der Waals surface area contributed by atoms with E-state index in [-0.39, 0.29) is 18.1 Å². The van der Waals surface area contributed by atoms with Gasteiger partial charge in [-0.3, -0.25) is 9.59 Å². The van der Waals surface area contributed by atoms with Crippen LogP contribution in [0.4, 0.5) is 5.69 Å². The zero-order valence-corrected chi connectivity index (χ0v) is 15.4. The Morgan fingerprint density at radius 2 is 1.93 bits per heavy atom. The second-order valence-corrected chi connectivity index (χ2v) is 6.10. The molecule has 3 rings (SSSR count). The van der Waals surface area contributed by atoms with Crippen molar-refractivity contribution >= 4 is 22.4 Å². The van der Waals surface area contributed by atoms with E-state index in [2.05, 4.69) is 5.32 Å². The number of hydrogen-bond donors (Lipinski definition) is 1. The van der Waals surface area contributed by atoms with Gasteiger partial charge in [0.1, 0.15) is 11.5 Å². The van der Waals surface area contributed by atoms with Gasteiger partial charge in [0, 0.05) is 29.9 Å². The number of carbonyl (C=O) groups is 1. The van der Waals surface area contributed by atoms with Crippen LogP contribution in [-0.4, -0.2) is 24.2 Å². The van der Waals surface area contributed by atoms with Crippen molar-refractivity contribution in [2.75, 3.05) is 19.0 Å². The Morgan fingerprint density at radius 1 is 1.11 bits per heavy atom. The summed E-state index contributed by atoms with van der Waals surface area (Å²) >= 11 is 0. The highest BCUT2D eigenvalue weighted by Gasteiger charge is 2.10. The Bertz CT molecular complexity index is 1010. The van der Waals surface area contributed by atoms with Crippen LogP contribution >= 0.6 is 0 Å². The molecule has 1 amide bonds. The molecule has 0 unspecified atom stereocenters. The summed E-state index contributed by atoms with van der Waals surface area (Å²) in [6.45, 7) is 2.54. The molecule has 1 N–H and O–H groups in total. The van der Waals surface area contributed by atoms with Crippen LogP contribution in [0.2, 0.25) is 0 Å². The first-order valence-corrected chi connectivity index (χ1v) is 8.81. The Labute approximate surface area is 157 Å². The number of amides is 1. The lowest BCUT2D eigenvalue weighted by atomic mass is 10.1. The molecular weight excluding hydrogens is 344 g/mol.